The molecule has 124 valence electrons. The quantitative estimate of drug-likeness (QED) is 0.444. The van der Waals surface area contributed by atoms with Crippen molar-refractivity contribution < 1.29 is 23.8 Å². The SMILES string of the molecule is COc1cccc(/C=C/C(=O)OCC(=O)c2cccc(OC)c2)c1. The van der Waals surface area contributed by atoms with Gasteiger partial charge in [0.25, 0.3) is 0 Å². The standard InChI is InChI=1S/C19H18O5/c1-22-16-7-3-5-14(11-16)9-10-19(21)24-13-18(20)15-6-4-8-17(12-15)23-2/h3-12H,13H2,1-2H3/b10-9+. The predicted molar refractivity (Wildman–Crippen MR) is 90.3 cm³/mol. The Morgan fingerprint density at radius 2 is 1.62 bits per heavy atom. The lowest BCUT2D eigenvalue weighted by molar-refractivity contribution is -0.136. The molecule has 0 aliphatic heterocycles. The van der Waals surface area contributed by atoms with Gasteiger partial charge in [-0.1, -0.05) is 24.3 Å². The van der Waals surface area contributed by atoms with Crippen molar-refractivity contribution in [2.75, 3.05) is 20.8 Å². The molecule has 2 aromatic carbocycles. The zero-order valence-electron chi connectivity index (χ0n) is 13.5. The molecule has 2 rings (SSSR count). The maximum atomic E-state index is 12.0. The van der Waals surface area contributed by atoms with Crippen LogP contribution >= 0.6 is 0 Å². The first-order valence-electron chi connectivity index (χ1n) is 7.28. The van der Waals surface area contributed by atoms with E-state index in [1.54, 1.807) is 43.5 Å². The number of methoxy groups -OCH3 is 2. The minimum absolute atomic E-state index is 0.294. The monoisotopic (exact) mass is 326 g/mol. The molecule has 0 atom stereocenters. The van der Waals surface area contributed by atoms with Crippen LogP contribution in [0.4, 0.5) is 0 Å². The number of carbonyl (C=O) groups excluding carboxylic acids is 2. The van der Waals surface area contributed by atoms with Crippen LogP contribution in [0.1, 0.15) is 15.9 Å². The van der Waals surface area contributed by atoms with Crippen LogP contribution in [0, 0.1) is 0 Å². The molecular weight excluding hydrogens is 308 g/mol. The molecule has 0 aliphatic rings. The van der Waals surface area contributed by atoms with Crippen LogP contribution in [0.5, 0.6) is 11.5 Å². The molecule has 0 heterocycles. The van der Waals surface area contributed by atoms with Crippen molar-refractivity contribution in [3.05, 3.63) is 65.7 Å². The van der Waals surface area contributed by atoms with Gasteiger partial charge in [0.15, 0.2) is 12.4 Å². The topological polar surface area (TPSA) is 61.8 Å². The van der Waals surface area contributed by atoms with Gasteiger partial charge in [-0.15, -0.1) is 0 Å². The third-order valence-corrected chi connectivity index (χ3v) is 3.24. The second-order valence-corrected chi connectivity index (χ2v) is 4.87. The predicted octanol–water partition coefficient (Wildman–Crippen LogP) is 3.14. The van der Waals surface area contributed by atoms with Gasteiger partial charge in [0.2, 0.25) is 0 Å². The number of rotatable bonds is 7. The number of hydrogen-bond acceptors (Lipinski definition) is 5. The van der Waals surface area contributed by atoms with Gasteiger partial charge in [-0.3, -0.25) is 4.79 Å². The molecule has 0 aliphatic carbocycles. The number of esters is 1. The van der Waals surface area contributed by atoms with E-state index in [1.807, 2.05) is 18.2 Å². The Labute approximate surface area is 140 Å². The summed E-state index contributed by atoms with van der Waals surface area (Å²) in [4.78, 5) is 23.7. The van der Waals surface area contributed by atoms with E-state index < -0.39 is 5.97 Å². The Morgan fingerprint density at radius 3 is 2.33 bits per heavy atom. The van der Waals surface area contributed by atoms with Crippen molar-refractivity contribution in [2.45, 2.75) is 0 Å². The molecule has 0 amide bonds. The summed E-state index contributed by atoms with van der Waals surface area (Å²) in [7, 11) is 3.09. The van der Waals surface area contributed by atoms with E-state index in [2.05, 4.69) is 0 Å². The highest BCUT2D eigenvalue weighted by molar-refractivity contribution is 5.99. The van der Waals surface area contributed by atoms with Crippen LogP contribution in [0.3, 0.4) is 0 Å². The number of hydrogen-bond donors (Lipinski definition) is 0. The normalized spacial score (nSPS) is 10.4. The van der Waals surface area contributed by atoms with E-state index in [0.717, 1.165) is 5.56 Å². The highest BCUT2D eigenvalue weighted by Crippen LogP contribution is 2.14. The van der Waals surface area contributed by atoms with Gasteiger partial charge in [0, 0.05) is 11.6 Å². The number of Topliss-reactive ketones (excluding diaryl/α,β-unsaturated/α-hetero) is 1. The molecule has 5 nitrogen and oxygen atoms in total. The van der Waals surface area contributed by atoms with E-state index in [0.29, 0.717) is 17.1 Å². The molecule has 0 fully saturated rings. The van der Waals surface area contributed by atoms with Crippen LogP contribution in [0.2, 0.25) is 0 Å². The minimum atomic E-state index is -0.589. The van der Waals surface area contributed by atoms with Crippen LogP contribution < -0.4 is 9.47 Å². The number of ketones is 1. The van der Waals surface area contributed by atoms with Gasteiger partial charge >= 0.3 is 5.97 Å². The lowest BCUT2D eigenvalue weighted by Gasteiger charge is -2.04. The van der Waals surface area contributed by atoms with Gasteiger partial charge in [0.05, 0.1) is 14.2 Å². The first-order chi connectivity index (χ1) is 11.6. The van der Waals surface area contributed by atoms with Crippen LogP contribution in [-0.4, -0.2) is 32.6 Å². The number of ether oxygens (including phenoxy) is 3. The van der Waals surface area contributed by atoms with E-state index in [4.69, 9.17) is 14.2 Å². The van der Waals surface area contributed by atoms with Gasteiger partial charge in [-0.2, -0.15) is 0 Å². The Kier molecular flexibility index (Phi) is 6.14. The molecule has 24 heavy (non-hydrogen) atoms. The summed E-state index contributed by atoms with van der Waals surface area (Å²) in [5, 5.41) is 0. The fourth-order valence-electron chi connectivity index (χ4n) is 1.97. The molecule has 0 N–H and O–H groups in total. The van der Waals surface area contributed by atoms with Crippen molar-refractivity contribution in [3.63, 3.8) is 0 Å². The summed E-state index contributed by atoms with van der Waals surface area (Å²) >= 11 is 0. The number of benzene rings is 2. The van der Waals surface area contributed by atoms with Crippen LogP contribution in [0.25, 0.3) is 6.08 Å². The summed E-state index contributed by atoms with van der Waals surface area (Å²) in [5.74, 6) is 0.384. The van der Waals surface area contributed by atoms with Crippen molar-refractivity contribution in [3.8, 4) is 11.5 Å². The maximum absolute atomic E-state index is 12.0. The van der Waals surface area contributed by atoms with Crippen molar-refractivity contribution in [1.82, 2.24) is 0 Å². The minimum Gasteiger partial charge on any atom is -0.497 e. The highest BCUT2D eigenvalue weighted by Gasteiger charge is 2.09. The maximum Gasteiger partial charge on any atom is 0.331 e. The summed E-state index contributed by atoms with van der Waals surface area (Å²) in [6, 6.07) is 13.9. The van der Waals surface area contributed by atoms with E-state index in [1.165, 1.54) is 13.2 Å². The lowest BCUT2D eigenvalue weighted by Crippen LogP contribution is -2.12. The third-order valence-electron chi connectivity index (χ3n) is 3.24. The summed E-state index contributed by atoms with van der Waals surface area (Å²) < 4.78 is 15.1. The fraction of sp³-hybridized carbons (Fsp3) is 0.158. The van der Waals surface area contributed by atoms with Gasteiger partial charge in [-0.05, 0) is 35.9 Å². The van der Waals surface area contributed by atoms with Gasteiger partial charge in [0.1, 0.15) is 11.5 Å². The van der Waals surface area contributed by atoms with E-state index >= 15 is 0 Å². The lowest BCUT2D eigenvalue weighted by atomic mass is 10.1. The largest absolute Gasteiger partial charge is 0.497 e. The molecule has 0 unspecified atom stereocenters. The van der Waals surface area contributed by atoms with Crippen LogP contribution in [-0.2, 0) is 9.53 Å². The molecule has 2 aromatic rings. The number of carbonyl (C=O) groups is 2. The molecule has 0 saturated heterocycles. The second kappa shape index (κ2) is 8.53. The molecule has 0 aromatic heterocycles. The average Bonchev–Trinajstić information content (AvgIpc) is 2.64. The third kappa shape index (κ3) is 4.98. The smallest absolute Gasteiger partial charge is 0.331 e. The van der Waals surface area contributed by atoms with Gasteiger partial charge in [-0.25, -0.2) is 4.79 Å². The summed E-state index contributed by atoms with van der Waals surface area (Å²) in [6.45, 7) is -0.325. The Hall–Kier alpha value is -3.08. The molecular formula is C19H18O5. The van der Waals surface area contributed by atoms with Gasteiger partial charge < -0.3 is 14.2 Å². The molecule has 0 saturated carbocycles. The first-order valence-corrected chi connectivity index (χ1v) is 7.28. The van der Waals surface area contributed by atoms with E-state index in [-0.39, 0.29) is 12.4 Å². The van der Waals surface area contributed by atoms with Crippen molar-refractivity contribution in [1.29, 1.82) is 0 Å². The van der Waals surface area contributed by atoms with Crippen molar-refractivity contribution in [2.24, 2.45) is 0 Å². The zero-order valence-corrected chi connectivity index (χ0v) is 13.5. The van der Waals surface area contributed by atoms with Crippen molar-refractivity contribution >= 4 is 17.8 Å². The second-order valence-electron chi connectivity index (χ2n) is 4.87. The highest BCUT2D eigenvalue weighted by atomic mass is 16.5. The molecule has 0 bridgehead atoms. The summed E-state index contributed by atoms with van der Waals surface area (Å²) in [6.07, 6.45) is 2.87. The fourth-order valence-corrected chi connectivity index (χ4v) is 1.97. The zero-order chi connectivity index (χ0) is 17.4. The Bertz CT molecular complexity index is 749. The molecule has 5 heteroatoms. The summed E-state index contributed by atoms with van der Waals surface area (Å²) in [5.41, 5.74) is 1.23. The average molecular weight is 326 g/mol. The molecule has 0 radical (unpaired) electrons. The van der Waals surface area contributed by atoms with Crippen LogP contribution in [0.15, 0.2) is 54.6 Å². The molecule has 0 spiro atoms. The Morgan fingerprint density at radius 1 is 0.958 bits per heavy atom. The first kappa shape index (κ1) is 17.3. The Balaban J connectivity index is 1.90. The van der Waals surface area contributed by atoms with E-state index in [9.17, 15) is 9.59 Å².